The van der Waals surface area contributed by atoms with E-state index >= 15 is 0 Å². The Bertz CT molecular complexity index is 970. The first-order valence-electron chi connectivity index (χ1n) is 9.28. The molecule has 5 heteroatoms. The van der Waals surface area contributed by atoms with E-state index in [1.165, 1.54) is 10.5 Å². The SMILES string of the molecule is COc1ccc(OC)c(-c2nc(C)c(Sc3ccc(C(C)(C)C)cc3)n2C)c1. The molecule has 0 radical (unpaired) electrons. The predicted molar refractivity (Wildman–Crippen MR) is 116 cm³/mol. The fourth-order valence-electron chi connectivity index (χ4n) is 3.13. The van der Waals surface area contributed by atoms with Gasteiger partial charge in [0.15, 0.2) is 0 Å². The predicted octanol–water partition coefficient (Wildman–Crippen LogP) is 5.86. The van der Waals surface area contributed by atoms with Gasteiger partial charge in [0.05, 0.1) is 25.5 Å². The van der Waals surface area contributed by atoms with Gasteiger partial charge in [0.2, 0.25) is 0 Å². The molecule has 1 heterocycles. The molecule has 28 heavy (non-hydrogen) atoms. The van der Waals surface area contributed by atoms with Gasteiger partial charge in [-0.25, -0.2) is 4.98 Å². The number of hydrogen-bond acceptors (Lipinski definition) is 4. The van der Waals surface area contributed by atoms with Gasteiger partial charge in [0.25, 0.3) is 0 Å². The minimum atomic E-state index is 0.154. The number of ether oxygens (including phenoxy) is 2. The average molecular weight is 397 g/mol. The summed E-state index contributed by atoms with van der Waals surface area (Å²) in [5, 5.41) is 1.11. The van der Waals surface area contributed by atoms with Crippen LogP contribution in [0.25, 0.3) is 11.4 Å². The van der Waals surface area contributed by atoms with Gasteiger partial charge in [0, 0.05) is 11.9 Å². The molecule has 0 saturated heterocycles. The van der Waals surface area contributed by atoms with Crippen molar-refractivity contribution in [3.8, 4) is 22.9 Å². The second-order valence-corrected chi connectivity index (χ2v) is 8.89. The van der Waals surface area contributed by atoms with Crippen molar-refractivity contribution < 1.29 is 9.47 Å². The van der Waals surface area contributed by atoms with Crippen molar-refractivity contribution in [1.82, 2.24) is 9.55 Å². The Balaban J connectivity index is 1.97. The highest BCUT2D eigenvalue weighted by Gasteiger charge is 2.19. The second kappa shape index (κ2) is 7.92. The summed E-state index contributed by atoms with van der Waals surface area (Å²) in [7, 11) is 5.38. The first-order valence-corrected chi connectivity index (χ1v) is 10.1. The standard InChI is InChI=1S/C23H28N2O2S/c1-15-22(28-18-11-8-16(9-12-18)23(2,3)4)25(5)21(24-15)19-14-17(26-6)10-13-20(19)27-7/h8-14H,1-7H3. The van der Waals surface area contributed by atoms with Crippen LogP contribution in [-0.4, -0.2) is 23.8 Å². The van der Waals surface area contributed by atoms with Gasteiger partial charge < -0.3 is 14.0 Å². The van der Waals surface area contributed by atoms with E-state index in [4.69, 9.17) is 14.5 Å². The Morgan fingerprint density at radius 3 is 2.21 bits per heavy atom. The molecule has 1 aromatic heterocycles. The zero-order valence-electron chi connectivity index (χ0n) is 17.7. The van der Waals surface area contributed by atoms with E-state index < -0.39 is 0 Å². The molecule has 3 rings (SSSR count). The van der Waals surface area contributed by atoms with Gasteiger partial charge in [-0.1, -0.05) is 44.7 Å². The quantitative estimate of drug-likeness (QED) is 0.541. The Morgan fingerprint density at radius 1 is 0.964 bits per heavy atom. The summed E-state index contributed by atoms with van der Waals surface area (Å²) in [6, 6.07) is 14.6. The molecular weight excluding hydrogens is 368 g/mol. The first kappa shape index (κ1) is 20.3. The molecule has 0 atom stereocenters. The van der Waals surface area contributed by atoms with E-state index in [-0.39, 0.29) is 5.41 Å². The maximum absolute atomic E-state index is 5.55. The highest BCUT2D eigenvalue weighted by Crippen LogP contribution is 2.38. The monoisotopic (exact) mass is 396 g/mol. The molecular formula is C23H28N2O2S. The molecule has 0 spiro atoms. The van der Waals surface area contributed by atoms with Crippen molar-refractivity contribution >= 4 is 11.8 Å². The average Bonchev–Trinajstić information content (AvgIpc) is 2.95. The molecule has 4 nitrogen and oxygen atoms in total. The summed E-state index contributed by atoms with van der Waals surface area (Å²) in [4.78, 5) is 6.02. The Hall–Kier alpha value is -2.40. The van der Waals surface area contributed by atoms with Gasteiger partial charge in [-0.15, -0.1) is 0 Å². The van der Waals surface area contributed by atoms with E-state index in [9.17, 15) is 0 Å². The molecule has 0 aliphatic heterocycles. The third-order valence-corrected chi connectivity index (χ3v) is 6.06. The first-order chi connectivity index (χ1) is 13.2. The number of rotatable bonds is 5. The molecule has 3 aromatic rings. The zero-order chi connectivity index (χ0) is 20.5. The molecule has 0 unspecified atom stereocenters. The van der Waals surface area contributed by atoms with Crippen LogP contribution in [-0.2, 0) is 12.5 Å². The van der Waals surface area contributed by atoms with E-state index in [2.05, 4.69) is 49.6 Å². The highest BCUT2D eigenvalue weighted by molar-refractivity contribution is 7.99. The minimum Gasteiger partial charge on any atom is -0.497 e. The van der Waals surface area contributed by atoms with Crippen LogP contribution in [0.3, 0.4) is 0 Å². The molecule has 0 aliphatic rings. The lowest BCUT2D eigenvalue weighted by Crippen LogP contribution is -2.10. The maximum atomic E-state index is 5.55. The Morgan fingerprint density at radius 2 is 1.64 bits per heavy atom. The van der Waals surface area contributed by atoms with Crippen LogP contribution >= 0.6 is 11.8 Å². The van der Waals surface area contributed by atoms with Crippen LogP contribution in [0.5, 0.6) is 11.5 Å². The minimum absolute atomic E-state index is 0.154. The highest BCUT2D eigenvalue weighted by atomic mass is 32.2. The van der Waals surface area contributed by atoms with E-state index in [0.29, 0.717) is 0 Å². The Labute approximate surface area is 171 Å². The van der Waals surface area contributed by atoms with Crippen molar-refractivity contribution in [2.24, 2.45) is 7.05 Å². The number of aromatic nitrogens is 2. The number of benzene rings is 2. The summed E-state index contributed by atoms with van der Waals surface area (Å²) in [5.74, 6) is 2.42. The van der Waals surface area contributed by atoms with E-state index in [1.54, 1.807) is 26.0 Å². The van der Waals surface area contributed by atoms with Crippen LogP contribution in [0.2, 0.25) is 0 Å². The molecule has 0 amide bonds. The topological polar surface area (TPSA) is 36.3 Å². The lowest BCUT2D eigenvalue weighted by atomic mass is 9.87. The maximum Gasteiger partial charge on any atom is 0.144 e. The fraction of sp³-hybridized carbons (Fsp3) is 0.348. The molecule has 0 N–H and O–H groups in total. The van der Waals surface area contributed by atoms with Crippen molar-refractivity contribution in [3.05, 3.63) is 53.7 Å². The summed E-state index contributed by atoms with van der Waals surface area (Å²) in [6.45, 7) is 8.73. The van der Waals surface area contributed by atoms with Crippen LogP contribution < -0.4 is 9.47 Å². The van der Waals surface area contributed by atoms with Gasteiger partial charge in [-0.3, -0.25) is 0 Å². The third kappa shape index (κ3) is 4.04. The summed E-state index contributed by atoms with van der Waals surface area (Å²) in [6.07, 6.45) is 0. The van der Waals surface area contributed by atoms with Crippen LogP contribution in [0.1, 0.15) is 32.0 Å². The lowest BCUT2D eigenvalue weighted by Gasteiger charge is -2.19. The van der Waals surface area contributed by atoms with Crippen molar-refractivity contribution in [3.63, 3.8) is 0 Å². The van der Waals surface area contributed by atoms with Crippen molar-refractivity contribution in [1.29, 1.82) is 0 Å². The molecule has 0 bridgehead atoms. The number of aryl methyl sites for hydroxylation is 1. The largest absolute Gasteiger partial charge is 0.497 e. The fourth-order valence-corrected chi connectivity index (χ4v) is 4.04. The van der Waals surface area contributed by atoms with Crippen molar-refractivity contribution in [2.45, 2.75) is 43.0 Å². The van der Waals surface area contributed by atoms with Gasteiger partial charge in [-0.05, 0) is 48.2 Å². The van der Waals surface area contributed by atoms with Crippen LogP contribution in [0, 0.1) is 6.92 Å². The van der Waals surface area contributed by atoms with E-state index in [0.717, 1.165) is 33.6 Å². The number of nitrogens with zero attached hydrogens (tertiary/aromatic N) is 2. The summed E-state index contributed by atoms with van der Waals surface area (Å²) >= 11 is 1.73. The molecule has 148 valence electrons. The van der Waals surface area contributed by atoms with Gasteiger partial charge in [-0.2, -0.15) is 0 Å². The lowest BCUT2D eigenvalue weighted by molar-refractivity contribution is 0.404. The smallest absolute Gasteiger partial charge is 0.144 e. The Kier molecular flexibility index (Phi) is 5.75. The van der Waals surface area contributed by atoms with Crippen LogP contribution in [0.4, 0.5) is 0 Å². The number of methoxy groups -OCH3 is 2. The second-order valence-electron chi connectivity index (χ2n) is 7.83. The normalized spacial score (nSPS) is 11.5. The zero-order valence-corrected chi connectivity index (χ0v) is 18.5. The van der Waals surface area contributed by atoms with Crippen molar-refractivity contribution in [2.75, 3.05) is 14.2 Å². The third-order valence-electron chi connectivity index (χ3n) is 4.79. The van der Waals surface area contributed by atoms with Gasteiger partial charge in [0.1, 0.15) is 22.3 Å². The molecule has 0 aliphatic carbocycles. The molecule has 0 fully saturated rings. The molecule has 2 aromatic carbocycles. The summed E-state index contributed by atoms with van der Waals surface area (Å²) < 4.78 is 13.1. The number of imidazole rings is 1. The van der Waals surface area contributed by atoms with Gasteiger partial charge >= 0.3 is 0 Å². The summed E-state index contributed by atoms with van der Waals surface area (Å²) in [5.41, 5.74) is 3.40. The van der Waals surface area contributed by atoms with Crippen LogP contribution in [0.15, 0.2) is 52.4 Å². The molecule has 0 saturated carbocycles. The number of hydrogen-bond donors (Lipinski definition) is 0. The van der Waals surface area contributed by atoms with E-state index in [1.807, 2.05) is 32.2 Å².